The van der Waals surface area contributed by atoms with Gasteiger partial charge in [-0.2, -0.15) is 4.98 Å². The summed E-state index contributed by atoms with van der Waals surface area (Å²) in [5.74, 6) is 0.696. The topological polar surface area (TPSA) is 37.8 Å². The van der Waals surface area contributed by atoms with E-state index < -0.39 is 0 Å². The number of halogens is 2. The van der Waals surface area contributed by atoms with Crippen LogP contribution < -0.4 is 5.32 Å². The van der Waals surface area contributed by atoms with Gasteiger partial charge in [-0.25, -0.2) is 4.98 Å². The monoisotopic (exact) mass is 309 g/mol. The van der Waals surface area contributed by atoms with Gasteiger partial charge in [0.2, 0.25) is 5.28 Å². The van der Waals surface area contributed by atoms with Crippen molar-refractivity contribution in [3.05, 3.63) is 45.5 Å². The molecule has 0 radical (unpaired) electrons. The highest BCUT2D eigenvalue weighted by molar-refractivity contribution is 7.18. The Bertz CT molecular complexity index is 755. The maximum atomic E-state index is 5.97. The summed E-state index contributed by atoms with van der Waals surface area (Å²) < 4.78 is 0. The molecule has 0 fully saturated rings. The van der Waals surface area contributed by atoms with E-state index in [9.17, 15) is 0 Å². The SMILES string of the molecule is Cc1cc2c(Nc3cccc(Cl)c3)nc(Cl)nc2s1. The Morgan fingerprint density at radius 2 is 2.00 bits per heavy atom. The summed E-state index contributed by atoms with van der Waals surface area (Å²) in [4.78, 5) is 10.5. The molecule has 0 spiro atoms. The first-order valence-electron chi connectivity index (χ1n) is 5.58. The third-order valence-electron chi connectivity index (χ3n) is 2.58. The van der Waals surface area contributed by atoms with Crippen molar-refractivity contribution in [3.63, 3.8) is 0 Å². The Kier molecular flexibility index (Phi) is 3.31. The van der Waals surface area contributed by atoms with Crippen LogP contribution in [0.5, 0.6) is 0 Å². The van der Waals surface area contributed by atoms with E-state index in [-0.39, 0.29) is 5.28 Å². The van der Waals surface area contributed by atoms with Crippen LogP contribution in [0.4, 0.5) is 11.5 Å². The van der Waals surface area contributed by atoms with E-state index in [1.54, 1.807) is 11.3 Å². The van der Waals surface area contributed by atoms with Crippen molar-refractivity contribution in [2.24, 2.45) is 0 Å². The number of aromatic nitrogens is 2. The van der Waals surface area contributed by atoms with Crippen molar-refractivity contribution in [2.75, 3.05) is 5.32 Å². The van der Waals surface area contributed by atoms with Crippen LogP contribution in [-0.4, -0.2) is 9.97 Å². The van der Waals surface area contributed by atoms with Gasteiger partial charge in [0.05, 0.1) is 5.39 Å². The van der Waals surface area contributed by atoms with Gasteiger partial charge in [0.1, 0.15) is 10.6 Å². The average Bonchev–Trinajstić information content (AvgIpc) is 2.69. The molecule has 3 rings (SSSR count). The first-order chi connectivity index (χ1) is 9.11. The number of hydrogen-bond donors (Lipinski definition) is 1. The zero-order chi connectivity index (χ0) is 13.4. The van der Waals surface area contributed by atoms with Gasteiger partial charge in [0.25, 0.3) is 0 Å². The molecule has 1 N–H and O–H groups in total. The Labute approximate surface area is 124 Å². The van der Waals surface area contributed by atoms with Crippen molar-refractivity contribution in [2.45, 2.75) is 6.92 Å². The molecule has 3 aromatic rings. The molecule has 2 aromatic heterocycles. The van der Waals surface area contributed by atoms with Crippen LogP contribution in [0, 0.1) is 6.92 Å². The molecule has 2 heterocycles. The van der Waals surface area contributed by atoms with Gasteiger partial charge >= 0.3 is 0 Å². The van der Waals surface area contributed by atoms with Crippen LogP contribution >= 0.6 is 34.5 Å². The van der Waals surface area contributed by atoms with E-state index in [1.807, 2.05) is 37.3 Å². The lowest BCUT2D eigenvalue weighted by Crippen LogP contribution is -1.95. The zero-order valence-corrected chi connectivity index (χ0v) is 12.3. The number of rotatable bonds is 2. The minimum atomic E-state index is 0.235. The summed E-state index contributed by atoms with van der Waals surface area (Å²) in [6.07, 6.45) is 0. The van der Waals surface area contributed by atoms with E-state index in [0.29, 0.717) is 10.8 Å². The fourth-order valence-corrected chi connectivity index (χ4v) is 3.10. The van der Waals surface area contributed by atoms with Gasteiger partial charge in [-0.1, -0.05) is 17.7 Å². The van der Waals surface area contributed by atoms with E-state index in [2.05, 4.69) is 15.3 Å². The molecular weight excluding hydrogens is 301 g/mol. The highest BCUT2D eigenvalue weighted by atomic mass is 35.5. The molecule has 0 unspecified atom stereocenters. The molecule has 0 amide bonds. The quantitative estimate of drug-likeness (QED) is 0.673. The first-order valence-corrected chi connectivity index (χ1v) is 7.15. The third-order valence-corrected chi connectivity index (χ3v) is 3.92. The van der Waals surface area contributed by atoms with Crippen LogP contribution in [0.15, 0.2) is 30.3 Å². The molecule has 0 aliphatic carbocycles. The van der Waals surface area contributed by atoms with Crippen LogP contribution in [-0.2, 0) is 0 Å². The molecule has 0 atom stereocenters. The van der Waals surface area contributed by atoms with Crippen molar-refractivity contribution in [1.82, 2.24) is 9.97 Å². The number of nitrogens with zero attached hydrogens (tertiary/aromatic N) is 2. The molecule has 0 bridgehead atoms. The fourth-order valence-electron chi connectivity index (χ4n) is 1.81. The summed E-state index contributed by atoms with van der Waals surface area (Å²) >= 11 is 13.5. The highest BCUT2D eigenvalue weighted by Gasteiger charge is 2.10. The number of thiophene rings is 1. The van der Waals surface area contributed by atoms with Gasteiger partial charge < -0.3 is 5.32 Å². The van der Waals surface area contributed by atoms with Crippen molar-refractivity contribution < 1.29 is 0 Å². The first kappa shape index (κ1) is 12.7. The second kappa shape index (κ2) is 4.96. The highest BCUT2D eigenvalue weighted by Crippen LogP contribution is 2.31. The maximum absolute atomic E-state index is 5.97. The Balaban J connectivity index is 2.09. The summed E-state index contributed by atoms with van der Waals surface area (Å²) in [6, 6.07) is 9.51. The van der Waals surface area contributed by atoms with Crippen molar-refractivity contribution in [3.8, 4) is 0 Å². The van der Waals surface area contributed by atoms with E-state index in [0.717, 1.165) is 15.9 Å². The minimum Gasteiger partial charge on any atom is -0.339 e. The van der Waals surface area contributed by atoms with Gasteiger partial charge in [0.15, 0.2) is 0 Å². The van der Waals surface area contributed by atoms with E-state index >= 15 is 0 Å². The number of nitrogens with one attached hydrogen (secondary N) is 1. The van der Waals surface area contributed by atoms with Gasteiger partial charge in [0, 0.05) is 15.6 Å². The Morgan fingerprint density at radius 1 is 1.16 bits per heavy atom. The number of anilines is 2. The zero-order valence-electron chi connectivity index (χ0n) is 9.95. The second-order valence-corrected chi connectivity index (χ2v) is 6.06. The predicted octanol–water partition coefficient (Wildman–Crippen LogP) is 5.05. The molecule has 19 heavy (non-hydrogen) atoms. The molecule has 0 aliphatic heterocycles. The second-order valence-electron chi connectivity index (χ2n) is 4.05. The lowest BCUT2D eigenvalue weighted by Gasteiger charge is -2.07. The molecule has 0 aliphatic rings. The van der Waals surface area contributed by atoms with Crippen LogP contribution in [0.3, 0.4) is 0 Å². The van der Waals surface area contributed by atoms with E-state index in [1.165, 1.54) is 4.88 Å². The molecule has 6 heteroatoms. The molecule has 0 saturated carbocycles. The molecule has 1 aromatic carbocycles. The normalized spacial score (nSPS) is 10.9. The number of hydrogen-bond acceptors (Lipinski definition) is 4. The summed E-state index contributed by atoms with van der Waals surface area (Å²) in [5, 5.41) is 5.10. The van der Waals surface area contributed by atoms with Crippen LogP contribution in [0.25, 0.3) is 10.2 Å². The fraction of sp³-hybridized carbons (Fsp3) is 0.0769. The number of benzene rings is 1. The predicted molar refractivity (Wildman–Crippen MR) is 81.9 cm³/mol. The lowest BCUT2D eigenvalue weighted by molar-refractivity contribution is 1.23. The Morgan fingerprint density at radius 3 is 2.79 bits per heavy atom. The summed E-state index contributed by atoms with van der Waals surface area (Å²) in [6.45, 7) is 2.03. The third kappa shape index (κ3) is 2.66. The van der Waals surface area contributed by atoms with Crippen molar-refractivity contribution >= 4 is 56.3 Å². The number of fused-ring (bicyclic) bond motifs is 1. The van der Waals surface area contributed by atoms with Gasteiger partial charge in [-0.05, 0) is 42.8 Å². The minimum absolute atomic E-state index is 0.235. The van der Waals surface area contributed by atoms with E-state index in [4.69, 9.17) is 23.2 Å². The molecule has 96 valence electrons. The van der Waals surface area contributed by atoms with Gasteiger partial charge in [-0.3, -0.25) is 0 Å². The lowest BCUT2D eigenvalue weighted by atomic mass is 10.3. The number of aryl methyl sites for hydroxylation is 1. The smallest absolute Gasteiger partial charge is 0.225 e. The average molecular weight is 310 g/mol. The van der Waals surface area contributed by atoms with Crippen LogP contribution in [0.1, 0.15) is 4.88 Å². The van der Waals surface area contributed by atoms with Crippen molar-refractivity contribution in [1.29, 1.82) is 0 Å². The molecule has 0 saturated heterocycles. The molecular formula is C13H9Cl2N3S. The van der Waals surface area contributed by atoms with Crippen LogP contribution in [0.2, 0.25) is 10.3 Å². The Hall–Kier alpha value is -1.36. The standard InChI is InChI=1S/C13H9Cl2N3S/c1-7-5-10-11(17-13(15)18-12(10)19-7)16-9-4-2-3-8(14)6-9/h2-6H,1H3,(H,16,17,18). The largest absolute Gasteiger partial charge is 0.339 e. The molecule has 3 nitrogen and oxygen atoms in total. The van der Waals surface area contributed by atoms with Gasteiger partial charge in [-0.15, -0.1) is 11.3 Å². The summed E-state index contributed by atoms with van der Waals surface area (Å²) in [7, 11) is 0. The maximum Gasteiger partial charge on any atom is 0.225 e. The summed E-state index contributed by atoms with van der Waals surface area (Å²) in [5.41, 5.74) is 0.868.